The molecular formula is C19H22N2O3. The number of rotatable bonds is 6. The Balaban J connectivity index is 1.63. The molecule has 1 aliphatic rings. The number of hydrogen-bond acceptors (Lipinski definition) is 4. The Morgan fingerprint density at radius 2 is 1.88 bits per heavy atom. The molecule has 1 heterocycles. The van der Waals surface area contributed by atoms with E-state index in [-0.39, 0.29) is 18.7 Å². The summed E-state index contributed by atoms with van der Waals surface area (Å²) in [7, 11) is 0. The van der Waals surface area contributed by atoms with Gasteiger partial charge in [-0.2, -0.15) is 0 Å². The average molecular weight is 326 g/mol. The van der Waals surface area contributed by atoms with Crippen LogP contribution in [0.5, 0.6) is 0 Å². The van der Waals surface area contributed by atoms with Crippen LogP contribution in [-0.4, -0.2) is 24.4 Å². The predicted molar refractivity (Wildman–Crippen MR) is 92.8 cm³/mol. The van der Waals surface area contributed by atoms with Crippen LogP contribution in [0.15, 0.2) is 48.5 Å². The fourth-order valence-corrected chi connectivity index (χ4v) is 2.84. The van der Waals surface area contributed by atoms with Crippen molar-refractivity contribution >= 4 is 11.8 Å². The number of carbonyl (C=O) groups is 1. The molecule has 3 rings (SSSR count). The standard InChI is InChI=1S/C19H22N2O3/c1-14(20-12-16-4-2-3-5-17(16)13-22)15-6-8-18(9-7-15)21-10-11-24-19(21)23/h2-9,14,20,22H,10-13H2,1H3. The monoisotopic (exact) mass is 326 g/mol. The second-order valence-corrected chi connectivity index (χ2v) is 5.89. The van der Waals surface area contributed by atoms with Crippen molar-refractivity contribution in [1.82, 2.24) is 5.32 Å². The molecule has 1 saturated heterocycles. The van der Waals surface area contributed by atoms with Crippen molar-refractivity contribution in [3.05, 3.63) is 65.2 Å². The maximum atomic E-state index is 11.6. The van der Waals surface area contributed by atoms with E-state index in [0.717, 1.165) is 22.4 Å². The Morgan fingerprint density at radius 1 is 1.17 bits per heavy atom. The number of aliphatic hydroxyl groups excluding tert-OH is 1. The van der Waals surface area contributed by atoms with E-state index in [2.05, 4.69) is 12.2 Å². The van der Waals surface area contributed by atoms with E-state index >= 15 is 0 Å². The lowest BCUT2D eigenvalue weighted by Crippen LogP contribution is -2.23. The highest BCUT2D eigenvalue weighted by Gasteiger charge is 2.23. The van der Waals surface area contributed by atoms with Gasteiger partial charge in [-0.15, -0.1) is 0 Å². The quantitative estimate of drug-likeness (QED) is 0.857. The molecule has 5 nitrogen and oxygen atoms in total. The first kappa shape index (κ1) is 16.5. The molecule has 1 unspecified atom stereocenters. The first-order valence-electron chi connectivity index (χ1n) is 8.14. The predicted octanol–water partition coefficient (Wildman–Crippen LogP) is 2.99. The number of cyclic esters (lactones) is 1. The number of aliphatic hydroxyl groups is 1. The van der Waals surface area contributed by atoms with Gasteiger partial charge in [-0.3, -0.25) is 4.90 Å². The molecule has 2 N–H and O–H groups in total. The van der Waals surface area contributed by atoms with Crippen molar-refractivity contribution < 1.29 is 14.6 Å². The van der Waals surface area contributed by atoms with Gasteiger partial charge in [0, 0.05) is 18.3 Å². The zero-order valence-corrected chi connectivity index (χ0v) is 13.7. The molecule has 0 aromatic heterocycles. The number of benzene rings is 2. The topological polar surface area (TPSA) is 61.8 Å². The molecule has 2 aromatic carbocycles. The third-order valence-corrected chi connectivity index (χ3v) is 4.35. The van der Waals surface area contributed by atoms with Gasteiger partial charge >= 0.3 is 6.09 Å². The molecule has 1 fully saturated rings. The van der Waals surface area contributed by atoms with E-state index in [1.165, 1.54) is 0 Å². The van der Waals surface area contributed by atoms with Crippen molar-refractivity contribution in [2.24, 2.45) is 0 Å². The largest absolute Gasteiger partial charge is 0.447 e. The minimum Gasteiger partial charge on any atom is -0.447 e. The van der Waals surface area contributed by atoms with E-state index in [1.54, 1.807) is 4.90 Å². The van der Waals surface area contributed by atoms with Gasteiger partial charge in [0.05, 0.1) is 13.2 Å². The van der Waals surface area contributed by atoms with Crippen LogP contribution < -0.4 is 10.2 Å². The molecule has 0 spiro atoms. The number of nitrogens with one attached hydrogen (secondary N) is 1. The van der Waals surface area contributed by atoms with Gasteiger partial charge in [-0.25, -0.2) is 4.79 Å². The van der Waals surface area contributed by atoms with Gasteiger partial charge < -0.3 is 15.2 Å². The summed E-state index contributed by atoms with van der Waals surface area (Å²) >= 11 is 0. The number of anilines is 1. The lowest BCUT2D eigenvalue weighted by Gasteiger charge is -2.18. The summed E-state index contributed by atoms with van der Waals surface area (Å²) in [6.45, 7) is 3.89. The molecule has 24 heavy (non-hydrogen) atoms. The zero-order chi connectivity index (χ0) is 16.9. The van der Waals surface area contributed by atoms with Crippen molar-refractivity contribution in [2.75, 3.05) is 18.1 Å². The minimum atomic E-state index is -0.283. The molecular weight excluding hydrogens is 304 g/mol. The Kier molecular flexibility index (Phi) is 5.13. The lowest BCUT2D eigenvalue weighted by molar-refractivity contribution is 0.181. The Bertz CT molecular complexity index is 700. The van der Waals surface area contributed by atoms with Crippen molar-refractivity contribution in [3.8, 4) is 0 Å². The number of nitrogens with zero attached hydrogens (tertiary/aromatic N) is 1. The number of hydrogen-bond donors (Lipinski definition) is 2. The second kappa shape index (κ2) is 7.47. The summed E-state index contributed by atoms with van der Waals surface area (Å²) in [6.07, 6.45) is -0.283. The fourth-order valence-electron chi connectivity index (χ4n) is 2.84. The molecule has 0 saturated carbocycles. The van der Waals surface area contributed by atoms with Crippen LogP contribution in [0.25, 0.3) is 0 Å². The summed E-state index contributed by atoms with van der Waals surface area (Å²) in [5.41, 5.74) is 4.05. The average Bonchev–Trinajstić information content (AvgIpc) is 3.06. The SMILES string of the molecule is CC(NCc1ccccc1CO)c1ccc(N2CCOC2=O)cc1. The first-order chi connectivity index (χ1) is 11.7. The van der Waals surface area contributed by atoms with E-state index in [0.29, 0.717) is 19.7 Å². The van der Waals surface area contributed by atoms with Crippen LogP contribution in [0.4, 0.5) is 10.5 Å². The zero-order valence-electron chi connectivity index (χ0n) is 13.7. The molecule has 0 bridgehead atoms. The van der Waals surface area contributed by atoms with Crippen molar-refractivity contribution in [2.45, 2.75) is 26.1 Å². The summed E-state index contributed by atoms with van der Waals surface area (Å²) in [5, 5.41) is 12.9. The van der Waals surface area contributed by atoms with E-state index in [1.807, 2.05) is 48.5 Å². The van der Waals surface area contributed by atoms with E-state index in [9.17, 15) is 9.90 Å². The number of ether oxygens (including phenoxy) is 1. The smallest absolute Gasteiger partial charge is 0.414 e. The number of carbonyl (C=O) groups excluding carboxylic acids is 1. The van der Waals surface area contributed by atoms with Crippen LogP contribution in [0, 0.1) is 0 Å². The minimum absolute atomic E-state index is 0.0485. The van der Waals surface area contributed by atoms with Crippen LogP contribution in [0.3, 0.4) is 0 Å². The van der Waals surface area contributed by atoms with Crippen molar-refractivity contribution in [1.29, 1.82) is 0 Å². The van der Waals surface area contributed by atoms with Gasteiger partial charge in [-0.1, -0.05) is 36.4 Å². The third-order valence-electron chi connectivity index (χ3n) is 4.35. The molecule has 0 aliphatic carbocycles. The molecule has 2 aromatic rings. The highest BCUT2D eigenvalue weighted by atomic mass is 16.6. The van der Waals surface area contributed by atoms with Crippen molar-refractivity contribution in [3.63, 3.8) is 0 Å². The second-order valence-electron chi connectivity index (χ2n) is 5.89. The van der Waals surface area contributed by atoms with E-state index in [4.69, 9.17) is 4.74 Å². The van der Waals surface area contributed by atoms with E-state index < -0.39 is 0 Å². The molecule has 1 amide bonds. The van der Waals surface area contributed by atoms with Crippen LogP contribution in [0.1, 0.15) is 29.7 Å². The lowest BCUT2D eigenvalue weighted by atomic mass is 10.1. The Labute approximate surface area is 141 Å². The molecule has 126 valence electrons. The van der Waals surface area contributed by atoms with Gasteiger partial charge in [0.25, 0.3) is 0 Å². The van der Waals surface area contributed by atoms with Crippen LogP contribution in [0.2, 0.25) is 0 Å². The number of amides is 1. The molecule has 5 heteroatoms. The highest BCUT2D eigenvalue weighted by Crippen LogP contribution is 2.22. The first-order valence-corrected chi connectivity index (χ1v) is 8.14. The summed E-state index contributed by atoms with van der Waals surface area (Å²) in [4.78, 5) is 13.2. The fraction of sp³-hybridized carbons (Fsp3) is 0.316. The summed E-state index contributed by atoms with van der Waals surface area (Å²) in [5.74, 6) is 0. The molecule has 1 atom stereocenters. The van der Waals surface area contributed by atoms with Gasteiger partial charge in [0.15, 0.2) is 0 Å². The van der Waals surface area contributed by atoms with Crippen LogP contribution >= 0.6 is 0 Å². The summed E-state index contributed by atoms with van der Waals surface area (Å²) in [6, 6.07) is 16.0. The van der Waals surface area contributed by atoms with Gasteiger partial charge in [0.1, 0.15) is 6.61 Å². The Morgan fingerprint density at radius 3 is 2.50 bits per heavy atom. The van der Waals surface area contributed by atoms with Gasteiger partial charge in [0.2, 0.25) is 0 Å². The molecule has 1 aliphatic heterocycles. The highest BCUT2D eigenvalue weighted by molar-refractivity contribution is 5.89. The molecule has 0 radical (unpaired) electrons. The van der Waals surface area contributed by atoms with Crippen LogP contribution in [-0.2, 0) is 17.9 Å². The normalized spacial score (nSPS) is 15.4. The van der Waals surface area contributed by atoms with Gasteiger partial charge in [-0.05, 0) is 35.7 Å². The third kappa shape index (κ3) is 3.58. The summed E-state index contributed by atoms with van der Waals surface area (Å²) < 4.78 is 4.96. The Hall–Kier alpha value is -2.37. The maximum Gasteiger partial charge on any atom is 0.414 e. The maximum absolute atomic E-state index is 11.6.